The third kappa shape index (κ3) is 12.3. The number of amides is 3. The number of anilines is 1. The second-order valence-corrected chi connectivity index (χ2v) is 9.25. The van der Waals surface area contributed by atoms with Crippen LogP contribution in [0.2, 0.25) is 0 Å². The molecule has 0 bridgehead atoms. The van der Waals surface area contributed by atoms with Gasteiger partial charge in [-0.3, -0.25) is 24.0 Å². The maximum absolute atomic E-state index is 12.7. The Hall–Kier alpha value is -4.56. The quantitative estimate of drug-likeness (QED) is 0.127. The number of carboxylic acids is 1. The van der Waals surface area contributed by atoms with Crippen molar-refractivity contribution in [1.82, 2.24) is 10.2 Å². The van der Waals surface area contributed by atoms with Crippen LogP contribution >= 0.6 is 0 Å². The molecule has 2 rings (SSSR count). The summed E-state index contributed by atoms with van der Waals surface area (Å²) in [6.45, 7) is 1.44. The van der Waals surface area contributed by atoms with E-state index in [2.05, 4.69) is 10.6 Å². The van der Waals surface area contributed by atoms with Gasteiger partial charge in [0.05, 0.1) is 11.8 Å². The summed E-state index contributed by atoms with van der Waals surface area (Å²) >= 11 is 0. The lowest BCUT2D eigenvalue weighted by molar-refractivity contribution is -0.195. The number of aliphatic hydroxyl groups is 1. The van der Waals surface area contributed by atoms with Crippen molar-refractivity contribution in [1.29, 1.82) is 0 Å². The number of nitrogens with zero attached hydrogens (tertiary/aromatic N) is 1. The molecule has 0 radical (unpaired) electrons. The second kappa shape index (κ2) is 17.3. The molecule has 14 heteroatoms. The Kier molecular flexibility index (Phi) is 13.9. The number of hydrogen-bond donors (Lipinski definition) is 4. The van der Waals surface area contributed by atoms with E-state index in [4.69, 9.17) is 14.2 Å². The average Bonchev–Trinajstić information content (AvgIpc) is 2.93. The molecule has 0 spiro atoms. The van der Waals surface area contributed by atoms with Crippen LogP contribution in [-0.2, 0) is 38.2 Å². The molecule has 14 nitrogen and oxygen atoms in total. The van der Waals surface area contributed by atoms with Crippen molar-refractivity contribution in [3.05, 3.63) is 42.0 Å². The summed E-state index contributed by atoms with van der Waals surface area (Å²) in [5.74, 6) is -2.80. The molecule has 3 unspecified atom stereocenters. The fourth-order valence-electron chi connectivity index (χ4n) is 3.68. The highest BCUT2D eigenvalue weighted by Crippen LogP contribution is 2.31. The number of nitrogens with one attached hydrogen (secondary N) is 2. The van der Waals surface area contributed by atoms with Crippen LogP contribution in [0.25, 0.3) is 6.08 Å². The minimum Gasteiger partial charge on any atom is -0.479 e. The molecule has 0 aromatic heterocycles. The molecule has 0 aliphatic carbocycles. The first-order valence-corrected chi connectivity index (χ1v) is 13.1. The van der Waals surface area contributed by atoms with E-state index in [1.54, 1.807) is 24.3 Å². The van der Waals surface area contributed by atoms with Gasteiger partial charge in [-0.05, 0) is 29.8 Å². The van der Waals surface area contributed by atoms with Gasteiger partial charge in [0.25, 0.3) is 0 Å². The number of rotatable bonds is 15. The molecule has 1 saturated heterocycles. The van der Waals surface area contributed by atoms with Crippen molar-refractivity contribution >= 4 is 47.7 Å². The molecule has 0 saturated carbocycles. The zero-order chi connectivity index (χ0) is 31.1. The number of hydrogen-bond acceptors (Lipinski definition) is 10. The highest BCUT2D eigenvalue weighted by molar-refractivity contribution is 5.93. The third-order valence-corrected chi connectivity index (χ3v) is 5.81. The number of aliphatic carboxylic acids is 1. The monoisotopic (exact) mass is 589 g/mol. The molecule has 3 amide bonds. The molecule has 1 fully saturated rings. The second-order valence-electron chi connectivity index (χ2n) is 9.25. The molecule has 1 aromatic carbocycles. The van der Waals surface area contributed by atoms with Crippen LogP contribution in [0.15, 0.2) is 36.4 Å². The Morgan fingerprint density at radius 3 is 2.60 bits per heavy atom. The van der Waals surface area contributed by atoms with Crippen LogP contribution in [0.3, 0.4) is 0 Å². The highest BCUT2D eigenvalue weighted by atomic mass is 16.7. The predicted molar refractivity (Wildman–Crippen MR) is 148 cm³/mol. The smallest absolute Gasteiger partial charge is 0.333 e. The Labute approximate surface area is 242 Å². The van der Waals surface area contributed by atoms with Gasteiger partial charge in [-0.15, -0.1) is 0 Å². The molecule has 1 aliphatic heterocycles. The lowest BCUT2D eigenvalue weighted by atomic mass is 10.1. The fraction of sp³-hybridized carbons (Fsp3) is 0.429. The normalized spacial score (nSPS) is 18.3. The van der Waals surface area contributed by atoms with Gasteiger partial charge in [0.15, 0.2) is 6.10 Å². The lowest BCUT2D eigenvalue weighted by Gasteiger charge is -2.31. The average molecular weight is 590 g/mol. The minimum atomic E-state index is -1.25. The summed E-state index contributed by atoms with van der Waals surface area (Å²) in [6, 6.07) is 4.76. The van der Waals surface area contributed by atoms with Gasteiger partial charge in [-0.2, -0.15) is 0 Å². The Morgan fingerprint density at radius 1 is 1.14 bits per heavy atom. The number of carboxylic acid groups (broad SMARTS) is 1. The van der Waals surface area contributed by atoms with Crippen molar-refractivity contribution in [3.63, 3.8) is 0 Å². The molecule has 1 aromatic rings. The number of likely N-dealkylation sites (N-methyl/N-ethyl adjacent to an activating group) is 1. The number of carbonyl (C=O) groups excluding carboxylic acids is 5. The molecule has 3 atom stereocenters. The predicted octanol–water partition coefficient (Wildman–Crippen LogP) is 0.641. The summed E-state index contributed by atoms with van der Waals surface area (Å²) < 4.78 is 16.1. The van der Waals surface area contributed by atoms with Crippen LogP contribution in [-0.4, -0.2) is 96.3 Å². The molecule has 1 aliphatic rings. The van der Waals surface area contributed by atoms with E-state index < -0.39 is 42.3 Å². The number of ether oxygens (including phenoxy) is 3. The Balaban J connectivity index is 2.01. The van der Waals surface area contributed by atoms with Gasteiger partial charge >= 0.3 is 11.9 Å². The zero-order valence-electron chi connectivity index (χ0n) is 23.3. The van der Waals surface area contributed by atoms with Crippen LogP contribution in [0.5, 0.6) is 5.75 Å². The number of allylic oxidation sites excluding steroid dienone is 1. The van der Waals surface area contributed by atoms with E-state index in [9.17, 15) is 39.0 Å². The van der Waals surface area contributed by atoms with Crippen molar-refractivity contribution in [2.75, 3.05) is 32.1 Å². The number of esters is 1. The SMILES string of the molecule is CC(=O)OC/C=C/c1ccc(OC2CC(O)CC(C(=O)O)O2)c(NC(=O)CCNC(=O)CCN(C)C(=O)/C=C\C=O)c1. The van der Waals surface area contributed by atoms with E-state index in [0.717, 1.165) is 12.2 Å². The van der Waals surface area contributed by atoms with Crippen molar-refractivity contribution in [2.24, 2.45) is 0 Å². The van der Waals surface area contributed by atoms with Crippen LogP contribution in [0, 0.1) is 0 Å². The van der Waals surface area contributed by atoms with Crippen LogP contribution in [0.1, 0.15) is 38.2 Å². The van der Waals surface area contributed by atoms with Gasteiger partial charge in [0, 0.05) is 58.8 Å². The number of aliphatic hydroxyl groups excluding tert-OH is 1. The molecule has 1 heterocycles. The highest BCUT2D eigenvalue weighted by Gasteiger charge is 2.34. The van der Waals surface area contributed by atoms with E-state index in [-0.39, 0.29) is 62.7 Å². The van der Waals surface area contributed by atoms with Gasteiger partial charge < -0.3 is 40.0 Å². The summed E-state index contributed by atoms with van der Waals surface area (Å²) in [4.78, 5) is 70.5. The summed E-state index contributed by atoms with van der Waals surface area (Å²) in [7, 11) is 1.48. The van der Waals surface area contributed by atoms with Gasteiger partial charge in [-0.25, -0.2) is 4.79 Å². The Bertz CT molecular complexity index is 1200. The van der Waals surface area contributed by atoms with Crippen LogP contribution in [0.4, 0.5) is 5.69 Å². The first-order chi connectivity index (χ1) is 20.0. The maximum Gasteiger partial charge on any atom is 0.333 e. The number of benzene rings is 1. The summed E-state index contributed by atoms with van der Waals surface area (Å²) in [5, 5.41) is 24.6. The third-order valence-electron chi connectivity index (χ3n) is 5.81. The standard InChI is InChI=1S/C28H35N3O11/c1-18(33)40-14-4-5-19-7-8-22(41-27-17-20(34)16-23(42-27)28(38)39)21(15-19)30-25(36)9-11-29-24(35)10-12-31(2)26(37)6-3-13-32/h3-8,13,15,20,23,27,34H,9-12,14,16-17H2,1-2H3,(H,29,35)(H,30,36)(H,38,39)/b5-4+,6-3-. The van der Waals surface area contributed by atoms with Crippen molar-refractivity contribution in [2.45, 2.75) is 51.1 Å². The van der Waals surface area contributed by atoms with Gasteiger partial charge in [0.1, 0.15) is 18.6 Å². The molecular formula is C28H35N3O11. The summed E-state index contributed by atoms with van der Waals surface area (Å²) in [6.07, 6.45) is 2.39. The van der Waals surface area contributed by atoms with Crippen LogP contribution < -0.4 is 15.4 Å². The van der Waals surface area contributed by atoms with E-state index in [1.165, 1.54) is 24.9 Å². The molecule has 4 N–H and O–H groups in total. The van der Waals surface area contributed by atoms with E-state index >= 15 is 0 Å². The van der Waals surface area contributed by atoms with Gasteiger partial charge in [0.2, 0.25) is 24.0 Å². The number of aldehydes is 1. The topological polar surface area (TPSA) is 198 Å². The fourth-order valence-corrected chi connectivity index (χ4v) is 3.68. The molecule has 228 valence electrons. The zero-order valence-corrected chi connectivity index (χ0v) is 23.3. The van der Waals surface area contributed by atoms with E-state index in [0.29, 0.717) is 11.8 Å². The largest absolute Gasteiger partial charge is 0.479 e. The maximum atomic E-state index is 12.7. The first-order valence-electron chi connectivity index (χ1n) is 13.1. The molecular weight excluding hydrogens is 554 g/mol. The minimum absolute atomic E-state index is 0.00373. The number of carbonyl (C=O) groups is 6. The molecule has 42 heavy (non-hydrogen) atoms. The Morgan fingerprint density at radius 2 is 1.90 bits per heavy atom. The van der Waals surface area contributed by atoms with E-state index in [1.807, 2.05) is 0 Å². The van der Waals surface area contributed by atoms with Crippen molar-refractivity contribution in [3.8, 4) is 5.75 Å². The first kappa shape index (κ1) is 33.6. The van der Waals surface area contributed by atoms with Gasteiger partial charge in [-0.1, -0.05) is 12.1 Å². The lowest BCUT2D eigenvalue weighted by Crippen LogP contribution is -2.42. The summed E-state index contributed by atoms with van der Waals surface area (Å²) in [5.41, 5.74) is 0.841. The van der Waals surface area contributed by atoms with Crippen molar-refractivity contribution < 1.29 is 53.2 Å².